The molecule has 1 aliphatic heterocycles. The average Bonchev–Trinajstić information content (AvgIpc) is 2.47. The van der Waals surface area contributed by atoms with Crippen LogP contribution in [-0.2, 0) is 0 Å². The number of hydrogen-bond donors (Lipinski definition) is 1. The van der Waals surface area contributed by atoms with E-state index >= 15 is 0 Å². The maximum Gasteiger partial charge on any atom is 0.0914 e. The van der Waals surface area contributed by atoms with Gasteiger partial charge in [0.15, 0.2) is 0 Å². The van der Waals surface area contributed by atoms with Crippen molar-refractivity contribution < 1.29 is 5.11 Å². The first-order valence-electron chi connectivity index (χ1n) is 6.63. The van der Waals surface area contributed by atoms with E-state index in [1.54, 1.807) is 0 Å². The fourth-order valence-corrected chi connectivity index (χ4v) is 4.06. The quantitative estimate of drug-likeness (QED) is 0.873. The van der Waals surface area contributed by atoms with Crippen LogP contribution in [0.15, 0.2) is 42.5 Å². The second kappa shape index (κ2) is 5.33. The third-order valence-corrected chi connectivity index (χ3v) is 5.16. The lowest BCUT2D eigenvalue weighted by atomic mass is 9.96. The largest absolute Gasteiger partial charge is 0.387 e. The lowest BCUT2D eigenvalue weighted by Crippen LogP contribution is -2.19. The molecule has 1 heterocycles. The highest BCUT2D eigenvalue weighted by atomic mass is 32.2. The molecule has 1 N–H and O–H groups in total. The van der Waals surface area contributed by atoms with Gasteiger partial charge in [-0.1, -0.05) is 48.9 Å². The Morgan fingerprint density at radius 2 is 1.89 bits per heavy atom. The Hall–Kier alpha value is -0.990. The molecule has 94 valence electrons. The molecule has 18 heavy (non-hydrogen) atoms. The van der Waals surface area contributed by atoms with Gasteiger partial charge in [0.25, 0.3) is 0 Å². The summed E-state index contributed by atoms with van der Waals surface area (Å²) in [6.07, 6.45) is 3.35. The maximum atomic E-state index is 10.6. The summed E-state index contributed by atoms with van der Waals surface area (Å²) >= 11 is 1.92. The highest BCUT2D eigenvalue weighted by Gasteiger charge is 2.24. The van der Waals surface area contributed by atoms with Crippen LogP contribution in [0, 0.1) is 0 Å². The van der Waals surface area contributed by atoms with Crippen molar-refractivity contribution in [1.82, 2.24) is 0 Å². The van der Waals surface area contributed by atoms with Gasteiger partial charge in [0.1, 0.15) is 0 Å². The number of hydrogen-bond acceptors (Lipinski definition) is 2. The molecule has 0 aromatic heterocycles. The van der Waals surface area contributed by atoms with Gasteiger partial charge in [0.05, 0.1) is 6.10 Å². The Morgan fingerprint density at radius 3 is 2.72 bits per heavy atom. The molecule has 1 saturated heterocycles. The zero-order chi connectivity index (χ0) is 12.4. The Kier molecular flexibility index (Phi) is 3.57. The molecule has 2 aromatic carbocycles. The summed E-state index contributed by atoms with van der Waals surface area (Å²) in [5, 5.41) is 13.4. The van der Waals surface area contributed by atoms with Crippen LogP contribution in [0.2, 0.25) is 0 Å². The van der Waals surface area contributed by atoms with Gasteiger partial charge in [0.2, 0.25) is 0 Å². The smallest absolute Gasteiger partial charge is 0.0914 e. The third kappa shape index (κ3) is 2.27. The molecule has 0 aliphatic carbocycles. The molecular formula is C16H18OS. The topological polar surface area (TPSA) is 20.2 Å². The van der Waals surface area contributed by atoms with Gasteiger partial charge in [0, 0.05) is 5.25 Å². The fraction of sp³-hybridized carbons (Fsp3) is 0.375. The molecule has 2 aromatic rings. The number of aliphatic hydroxyl groups excluding tert-OH is 1. The van der Waals surface area contributed by atoms with E-state index in [-0.39, 0.29) is 6.10 Å². The Labute approximate surface area is 112 Å². The summed E-state index contributed by atoms with van der Waals surface area (Å²) in [4.78, 5) is 0. The number of aliphatic hydroxyl groups is 1. The van der Waals surface area contributed by atoms with Gasteiger partial charge in [-0.05, 0) is 34.9 Å². The molecular weight excluding hydrogens is 240 g/mol. The van der Waals surface area contributed by atoms with Crippen molar-refractivity contribution in [3.8, 4) is 0 Å². The van der Waals surface area contributed by atoms with E-state index in [1.165, 1.54) is 29.4 Å². The van der Waals surface area contributed by atoms with Crippen molar-refractivity contribution in [1.29, 1.82) is 0 Å². The summed E-state index contributed by atoms with van der Waals surface area (Å²) in [6, 6.07) is 14.6. The fourth-order valence-electron chi connectivity index (χ4n) is 2.72. The molecule has 1 fully saturated rings. The Bertz CT molecular complexity index is 526. The van der Waals surface area contributed by atoms with Crippen LogP contribution in [0.3, 0.4) is 0 Å². The van der Waals surface area contributed by atoms with Crippen LogP contribution >= 0.6 is 11.8 Å². The molecule has 3 rings (SSSR count). The minimum Gasteiger partial charge on any atom is -0.387 e. The molecule has 0 radical (unpaired) electrons. The van der Waals surface area contributed by atoms with E-state index < -0.39 is 0 Å². The van der Waals surface area contributed by atoms with E-state index in [4.69, 9.17) is 0 Å². The number of benzene rings is 2. The minimum atomic E-state index is -0.332. The third-order valence-electron chi connectivity index (χ3n) is 3.71. The number of rotatable bonds is 2. The summed E-state index contributed by atoms with van der Waals surface area (Å²) in [5.74, 6) is 1.19. The highest BCUT2D eigenvalue weighted by molar-refractivity contribution is 7.99. The van der Waals surface area contributed by atoms with Crippen LogP contribution in [0.1, 0.15) is 30.9 Å². The van der Waals surface area contributed by atoms with E-state index in [1.807, 2.05) is 30.0 Å². The van der Waals surface area contributed by atoms with Crippen molar-refractivity contribution in [2.45, 2.75) is 30.6 Å². The summed E-state index contributed by atoms with van der Waals surface area (Å²) in [7, 11) is 0. The van der Waals surface area contributed by atoms with E-state index in [2.05, 4.69) is 24.3 Å². The SMILES string of the molecule is OC(c1cccc2ccccc12)C1CCCCS1. The van der Waals surface area contributed by atoms with E-state index in [9.17, 15) is 5.11 Å². The molecule has 1 nitrogen and oxygen atoms in total. The van der Waals surface area contributed by atoms with Crippen molar-refractivity contribution in [2.24, 2.45) is 0 Å². The van der Waals surface area contributed by atoms with Crippen LogP contribution < -0.4 is 0 Å². The standard InChI is InChI=1S/C16H18OS/c17-16(15-10-3-4-11-18-15)14-9-5-7-12-6-1-2-8-13(12)14/h1-2,5-9,15-17H,3-4,10-11H2. The summed E-state index contributed by atoms with van der Waals surface area (Å²) in [5.41, 5.74) is 1.09. The second-order valence-electron chi connectivity index (χ2n) is 4.92. The Balaban J connectivity index is 1.97. The zero-order valence-electron chi connectivity index (χ0n) is 10.4. The predicted molar refractivity (Wildman–Crippen MR) is 79.0 cm³/mol. The minimum absolute atomic E-state index is 0.332. The lowest BCUT2D eigenvalue weighted by molar-refractivity contribution is 0.170. The normalized spacial score (nSPS) is 21.9. The molecule has 0 amide bonds. The van der Waals surface area contributed by atoms with Gasteiger partial charge in [-0.15, -0.1) is 0 Å². The van der Waals surface area contributed by atoms with Gasteiger partial charge < -0.3 is 5.11 Å². The number of thioether (sulfide) groups is 1. The van der Waals surface area contributed by atoms with E-state index in [0.717, 1.165) is 12.0 Å². The van der Waals surface area contributed by atoms with Crippen LogP contribution in [0.25, 0.3) is 10.8 Å². The van der Waals surface area contributed by atoms with Gasteiger partial charge in [-0.2, -0.15) is 11.8 Å². The molecule has 0 bridgehead atoms. The summed E-state index contributed by atoms with van der Waals surface area (Å²) < 4.78 is 0. The van der Waals surface area contributed by atoms with E-state index in [0.29, 0.717) is 5.25 Å². The Morgan fingerprint density at radius 1 is 1.06 bits per heavy atom. The van der Waals surface area contributed by atoms with Crippen LogP contribution in [0.5, 0.6) is 0 Å². The maximum absolute atomic E-state index is 10.6. The second-order valence-corrected chi connectivity index (χ2v) is 6.27. The molecule has 0 spiro atoms. The predicted octanol–water partition coefficient (Wildman–Crippen LogP) is 4.16. The van der Waals surface area contributed by atoms with Crippen LogP contribution in [0.4, 0.5) is 0 Å². The first-order chi connectivity index (χ1) is 8.86. The average molecular weight is 258 g/mol. The lowest BCUT2D eigenvalue weighted by Gasteiger charge is -2.27. The van der Waals surface area contributed by atoms with Crippen molar-refractivity contribution in [3.05, 3.63) is 48.0 Å². The van der Waals surface area contributed by atoms with Crippen LogP contribution in [-0.4, -0.2) is 16.1 Å². The molecule has 1 aliphatic rings. The summed E-state index contributed by atoms with van der Waals surface area (Å²) in [6.45, 7) is 0. The molecule has 2 atom stereocenters. The highest BCUT2D eigenvalue weighted by Crippen LogP contribution is 2.36. The molecule has 2 unspecified atom stereocenters. The first-order valence-corrected chi connectivity index (χ1v) is 7.68. The zero-order valence-corrected chi connectivity index (χ0v) is 11.2. The first kappa shape index (κ1) is 12.1. The van der Waals surface area contributed by atoms with Crippen molar-refractivity contribution >= 4 is 22.5 Å². The van der Waals surface area contributed by atoms with Crippen molar-refractivity contribution in [3.63, 3.8) is 0 Å². The number of fused-ring (bicyclic) bond motifs is 1. The monoisotopic (exact) mass is 258 g/mol. The van der Waals surface area contributed by atoms with Gasteiger partial charge >= 0.3 is 0 Å². The van der Waals surface area contributed by atoms with Gasteiger partial charge in [-0.25, -0.2) is 0 Å². The van der Waals surface area contributed by atoms with Crippen molar-refractivity contribution in [2.75, 3.05) is 5.75 Å². The molecule has 2 heteroatoms. The van der Waals surface area contributed by atoms with Gasteiger partial charge in [-0.3, -0.25) is 0 Å². The molecule has 0 saturated carbocycles.